The van der Waals surface area contributed by atoms with Gasteiger partial charge in [0, 0.05) is 22.4 Å². The Balaban J connectivity index is 1.36. The quantitative estimate of drug-likeness (QED) is 0.327. The molecule has 0 spiro atoms. The fourth-order valence-electron chi connectivity index (χ4n) is 2.97. The molecule has 31 heavy (non-hydrogen) atoms. The SMILES string of the molecule is S=C(Nc1cnn(Cc2cccc(Cl)c2)c1)Nc1nn(Cc2ccccc2Cl)cc1Cl. The lowest BCUT2D eigenvalue weighted by atomic mass is 10.2. The average Bonchev–Trinajstić information content (AvgIpc) is 3.29. The number of nitrogens with one attached hydrogen (secondary N) is 2. The zero-order chi connectivity index (χ0) is 21.8. The number of anilines is 2. The zero-order valence-electron chi connectivity index (χ0n) is 16.1. The molecule has 0 aliphatic carbocycles. The number of hydrogen-bond donors (Lipinski definition) is 2. The molecule has 2 heterocycles. The van der Waals surface area contributed by atoms with E-state index in [1.54, 1.807) is 21.8 Å². The fraction of sp³-hybridized carbons (Fsp3) is 0.0952. The predicted molar refractivity (Wildman–Crippen MR) is 130 cm³/mol. The molecule has 0 atom stereocenters. The molecule has 2 N–H and O–H groups in total. The molecule has 10 heteroatoms. The standard InChI is InChI=1S/C21H17Cl3N6S/c22-16-6-3-4-14(8-16)10-29-12-17(9-25-29)26-21(31)27-20-19(24)13-30(28-20)11-15-5-1-2-7-18(15)23/h1-9,12-13H,10-11H2,(H2,26,27,28,31). The summed E-state index contributed by atoms with van der Waals surface area (Å²) in [4.78, 5) is 0. The van der Waals surface area contributed by atoms with Crippen molar-refractivity contribution >= 4 is 63.6 Å². The van der Waals surface area contributed by atoms with Crippen molar-refractivity contribution in [2.45, 2.75) is 13.1 Å². The summed E-state index contributed by atoms with van der Waals surface area (Å²) in [5.41, 5.74) is 2.74. The molecule has 0 fully saturated rings. The van der Waals surface area contributed by atoms with Gasteiger partial charge in [-0.15, -0.1) is 0 Å². The molecule has 4 aromatic rings. The van der Waals surface area contributed by atoms with E-state index in [1.807, 2.05) is 54.7 Å². The van der Waals surface area contributed by atoms with Crippen molar-refractivity contribution in [3.63, 3.8) is 0 Å². The molecule has 0 bridgehead atoms. The van der Waals surface area contributed by atoms with Crippen LogP contribution in [0.25, 0.3) is 0 Å². The number of aromatic nitrogens is 4. The Labute approximate surface area is 199 Å². The Morgan fingerprint density at radius 1 is 0.903 bits per heavy atom. The number of rotatable bonds is 6. The van der Waals surface area contributed by atoms with E-state index in [4.69, 9.17) is 47.0 Å². The first-order valence-electron chi connectivity index (χ1n) is 9.27. The van der Waals surface area contributed by atoms with Crippen LogP contribution in [0.5, 0.6) is 0 Å². The van der Waals surface area contributed by atoms with E-state index in [9.17, 15) is 0 Å². The van der Waals surface area contributed by atoms with Crippen LogP contribution in [0.1, 0.15) is 11.1 Å². The number of hydrogen-bond acceptors (Lipinski definition) is 3. The first-order valence-corrected chi connectivity index (χ1v) is 10.8. The van der Waals surface area contributed by atoms with Crippen molar-refractivity contribution in [3.05, 3.63) is 93.3 Å². The van der Waals surface area contributed by atoms with Crippen molar-refractivity contribution in [2.24, 2.45) is 0 Å². The molecule has 2 aromatic heterocycles. The molecule has 6 nitrogen and oxygen atoms in total. The minimum absolute atomic E-state index is 0.354. The summed E-state index contributed by atoms with van der Waals surface area (Å²) >= 11 is 24.0. The average molecular weight is 492 g/mol. The summed E-state index contributed by atoms with van der Waals surface area (Å²) in [6.07, 6.45) is 5.27. The van der Waals surface area contributed by atoms with Gasteiger partial charge in [-0.25, -0.2) is 0 Å². The fourth-order valence-corrected chi connectivity index (χ4v) is 3.79. The smallest absolute Gasteiger partial charge is 0.176 e. The number of thiocarbonyl (C=S) groups is 1. The number of benzene rings is 2. The van der Waals surface area contributed by atoms with E-state index >= 15 is 0 Å². The summed E-state index contributed by atoms with van der Waals surface area (Å²) in [7, 11) is 0. The topological polar surface area (TPSA) is 59.7 Å². The van der Waals surface area contributed by atoms with Crippen molar-refractivity contribution < 1.29 is 0 Å². The lowest BCUT2D eigenvalue weighted by Gasteiger charge is -2.07. The van der Waals surface area contributed by atoms with Crippen LogP contribution in [0.15, 0.2) is 67.1 Å². The van der Waals surface area contributed by atoms with Gasteiger partial charge in [-0.05, 0) is 41.5 Å². The van der Waals surface area contributed by atoms with Crippen LogP contribution in [0.4, 0.5) is 11.5 Å². The number of nitrogens with zero attached hydrogens (tertiary/aromatic N) is 4. The Kier molecular flexibility index (Phi) is 6.77. The molecule has 0 aliphatic heterocycles. The van der Waals surface area contributed by atoms with Crippen LogP contribution in [0.3, 0.4) is 0 Å². The van der Waals surface area contributed by atoms with E-state index in [-0.39, 0.29) is 0 Å². The Bertz CT molecular complexity index is 1220. The number of halogens is 3. The molecule has 0 saturated carbocycles. The molecule has 0 unspecified atom stereocenters. The lowest BCUT2D eigenvalue weighted by molar-refractivity contribution is 0.687. The molecule has 0 aliphatic rings. The highest BCUT2D eigenvalue weighted by Crippen LogP contribution is 2.22. The maximum Gasteiger partial charge on any atom is 0.176 e. The summed E-state index contributed by atoms with van der Waals surface area (Å²) in [5.74, 6) is 0.456. The second-order valence-electron chi connectivity index (χ2n) is 6.75. The summed E-state index contributed by atoms with van der Waals surface area (Å²) in [6, 6.07) is 15.2. The van der Waals surface area contributed by atoms with E-state index < -0.39 is 0 Å². The van der Waals surface area contributed by atoms with Crippen molar-refractivity contribution in [1.29, 1.82) is 0 Å². The van der Waals surface area contributed by atoms with Crippen LogP contribution in [0.2, 0.25) is 15.1 Å². The van der Waals surface area contributed by atoms with Gasteiger partial charge in [0.2, 0.25) is 0 Å². The van der Waals surface area contributed by atoms with E-state index in [2.05, 4.69) is 20.8 Å². The van der Waals surface area contributed by atoms with Gasteiger partial charge >= 0.3 is 0 Å². The summed E-state index contributed by atoms with van der Waals surface area (Å²) < 4.78 is 3.50. The summed E-state index contributed by atoms with van der Waals surface area (Å²) in [5, 5.41) is 17.1. The molecule has 158 valence electrons. The van der Waals surface area contributed by atoms with Gasteiger partial charge in [0.05, 0.1) is 25.0 Å². The molecular formula is C21H17Cl3N6S. The minimum Gasteiger partial charge on any atom is -0.330 e. The normalized spacial score (nSPS) is 10.8. The highest BCUT2D eigenvalue weighted by atomic mass is 35.5. The van der Waals surface area contributed by atoms with E-state index in [0.29, 0.717) is 39.1 Å². The van der Waals surface area contributed by atoms with Gasteiger partial charge in [0.25, 0.3) is 0 Å². The largest absolute Gasteiger partial charge is 0.330 e. The minimum atomic E-state index is 0.354. The van der Waals surface area contributed by atoms with Gasteiger partial charge in [-0.2, -0.15) is 10.2 Å². The van der Waals surface area contributed by atoms with Crippen LogP contribution in [-0.2, 0) is 13.1 Å². The van der Waals surface area contributed by atoms with Gasteiger partial charge in [0.1, 0.15) is 5.02 Å². The molecule has 2 aromatic carbocycles. The van der Waals surface area contributed by atoms with Gasteiger partial charge < -0.3 is 10.6 Å². The third kappa shape index (κ3) is 5.77. The Morgan fingerprint density at radius 3 is 2.55 bits per heavy atom. The van der Waals surface area contributed by atoms with Crippen LogP contribution in [0, 0.1) is 0 Å². The third-order valence-corrected chi connectivity index (χ3v) is 5.45. The second kappa shape index (κ2) is 9.70. The van der Waals surface area contributed by atoms with Gasteiger partial charge in [-0.1, -0.05) is 65.1 Å². The predicted octanol–water partition coefficient (Wildman–Crippen LogP) is 5.95. The molecule has 0 amide bonds. The third-order valence-electron chi connectivity index (χ3n) is 4.36. The van der Waals surface area contributed by atoms with E-state index in [0.717, 1.165) is 16.8 Å². The van der Waals surface area contributed by atoms with Crippen molar-refractivity contribution in [1.82, 2.24) is 19.6 Å². The van der Waals surface area contributed by atoms with E-state index in [1.165, 1.54) is 0 Å². The zero-order valence-corrected chi connectivity index (χ0v) is 19.2. The molecule has 4 rings (SSSR count). The Morgan fingerprint density at radius 2 is 1.74 bits per heavy atom. The molecule has 0 saturated heterocycles. The first kappa shape index (κ1) is 21.6. The molecular weight excluding hydrogens is 475 g/mol. The van der Waals surface area contributed by atoms with Crippen molar-refractivity contribution in [3.8, 4) is 0 Å². The van der Waals surface area contributed by atoms with Crippen LogP contribution < -0.4 is 10.6 Å². The van der Waals surface area contributed by atoms with Crippen LogP contribution >= 0.6 is 47.0 Å². The van der Waals surface area contributed by atoms with Crippen molar-refractivity contribution in [2.75, 3.05) is 10.6 Å². The maximum atomic E-state index is 6.31. The lowest BCUT2D eigenvalue weighted by Crippen LogP contribution is -2.19. The molecule has 0 radical (unpaired) electrons. The highest BCUT2D eigenvalue weighted by Gasteiger charge is 2.11. The van der Waals surface area contributed by atoms with Gasteiger partial charge in [-0.3, -0.25) is 9.36 Å². The maximum absolute atomic E-state index is 6.31. The highest BCUT2D eigenvalue weighted by molar-refractivity contribution is 7.80. The first-order chi connectivity index (χ1) is 15.0. The Hall–Kier alpha value is -2.58. The second-order valence-corrected chi connectivity index (χ2v) is 8.41. The monoisotopic (exact) mass is 490 g/mol. The van der Waals surface area contributed by atoms with Crippen LogP contribution in [-0.4, -0.2) is 24.7 Å². The van der Waals surface area contributed by atoms with Gasteiger partial charge in [0.15, 0.2) is 10.9 Å². The summed E-state index contributed by atoms with van der Waals surface area (Å²) in [6.45, 7) is 1.10.